The third-order valence-electron chi connectivity index (χ3n) is 4.74. The molecule has 0 aromatic carbocycles. The second-order valence-corrected chi connectivity index (χ2v) is 7.03. The highest BCUT2D eigenvalue weighted by atomic mass is 16.3. The quantitative estimate of drug-likeness (QED) is 0.845. The summed E-state index contributed by atoms with van der Waals surface area (Å²) in [4.78, 5) is 0. The van der Waals surface area contributed by atoms with Gasteiger partial charge in [-0.05, 0) is 61.6 Å². The lowest BCUT2D eigenvalue weighted by atomic mass is 9.68. The number of rotatable bonds is 4. The maximum Gasteiger partial charge on any atom is 0.120 e. The van der Waals surface area contributed by atoms with Gasteiger partial charge in [0.05, 0.1) is 12.3 Å². The minimum absolute atomic E-state index is 0.404. The van der Waals surface area contributed by atoms with Crippen molar-refractivity contribution >= 4 is 0 Å². The van der Waals surface area contributed by atoms with E-state index in [4.69, 9.17) is 4.42 Å². The second-order valence-electron chi connectivity index (χ2n) is 7.03. The summed E-state index contributed by atoms with van der Waals surface area (Å²) in [5, 5.41) is 3.61. The van der Waals surface area contributed by atoms with Gasteiger partial charge in [0.2, 0.25) is 0 Å². The van der Waals surface area contributed by atoms with E-state index in [0.29, 0.717) is 11.5 Å². The Hall–Kier alpha value is -0.760. The Morgan fingerprint density at radius 3 is 2.42 bits per heavy atom. The first-order valence-corrected chi connectivity index (χ1v) is 7.79. The highest BCUT2D eigenvalue weighted by Crippen LogP contribution is 2.43. The van der Waals surface area contributed by atoms with E-state index in [1.807, 2.05) is 6.07 Å². The van der Waals surface area contributed by atoms with Crippen molar-refractivity contribution in [1.82, 2.24) is 5.32 Å². The molecule has 108 valence electrons. The Morgan fingerprint density at radius 2 is 1.95 bits per heavy atom. The zero-order valence-electron chi connectivity index (χ0n) is 12.9. The number of furan rings is 1. The van der Waals surface area contributed by atoms with Crippen molar-refractivity contribution in [3.8, 4) is 0 Å². The van der Waals surface area contributed by atoms with Gasteiger partial charge in [0, 0.05) is 0 Å². The van der Waals surface area contributed by atoms with Crippen LogP contribution in [0.4, 0.5) is 0 Å². The third kappa shape index (κ3) is 3.62. The van der Waals surface area contributed by atoms with Crippen molar-refractivity contribution in [2.75, 3.05) is 6.54 Å². The molecular formula is C17H29NO. The first kappa shape index (κ1) is 14.6. The molecule has 0 saturated heterocycles. The predicted octanol–water partition coefficient (Wildman–Crippen LogP) is 4.78. The molecule has 1 aliphatic rings. The van der Waals surface area contributed by atoms with Crippen LogP contribution in [0.1, 0.15) is 65.2 Å². The molecule has 0 spiro atoms. The molecule has 1 heterocycles. The molecule has 0 aliphatic heterocycles. The zero-order valence-corrected chi connectivity index (χ0v) is 12.9. The van der Waals surface area contributed by atoms with Crippen LogP contribution in [0.3, 0.4) is 0 Å². The summed E-state index contributed by atoms with van der Waals surface area (Å²) in [5.74, 6) is 2.72. The molecule has 1 N–H and O–H groups in total. The van der Waals surface area contributed by atoms with Gasteiger partial charge in [0.25, 0.3) is 0 Å². The molecule has 1 saturated carbocycles. The molecule has 1 fully saturated rings. The average molecular weight is 263 g/mol. The lowest BCUT2D eigenvalue weighted by molar-refractivity contribution is 0.128. The number of hydrogen-bond donors (Lipinski definition) is 1. The van der Waals surface area contributed by atoms with Crippen molar-refractivity contribution in [2.45, 2.75) is 59.4 Å². The summed E-state index contributed by atoms with van der Waals surface area (Å²) in [5.41, 5.74) is 0.462. The van der Waals surface area contributed by atoms with E-state index < -0.39 is 0 Å². The highest BCUT2D eigenvalue weighted by molar-refractivity contribution is 5.06. The SMILES string of the molecule is CCNC(c1ccco1)C1CCC(C(C)(C)C)CC1. The van der Waals surface area contributed by atoms with E-state index in [1.165, 1.54) is 25.7 Å². The molecule has 1 aromatic heterocycles. The van der Waals surface area contributed by atoms with Gasteiger partial charge in [-0.3, -0.25) is 0 Å². The molecular weight excluding hydrogens is 234 g/mol. The molecule has 19 heavy (non-hydrogen) atoms. The van der Waals surface area contributed by atoms with E-state index in [-0.39, 0.29) is 0 Å². The van der Waals surface area contributed by atoms with Crippen molar-refractivity contribution in [3.63, 3.8) is 0 Å². The Kier molecular flexibility index (Phi) is 4.72. The van der Waals surface area contributed by atoms with Gasteiger partial charge >= 0.3 is 0 Å². The molecule has 2 nitrogen and oxygen atoms in total. The molecule has 2 rings (SSSR count). The summed E-state index contributed by atoms with van der Waals surface area (Å²) < 4.78 is 5.63. The Labute approximate surface area is 118 Å². The maximum atomic E-state index is 5.63. The summed E-state index contributed by atoms with van der Waals surface area (Å²) in [6, 6.07) is 4.52. The van der Waals surface area contributed by atoms with Crippen LogP contribution in [0.15, 0.2) is 22.8 Å². The first-order valence-electron chi connectivity index (χ1n) is 7.79. The Balaban J connectivity index is 1.98. The fraction of sp³-hybridized carbons (Fsp3) is 0.765. The smallest absolute Gasteiger partial charge is 0.120 e. The van der Waals surface area contributed by atoms with Crippen LogP contribution in [0, 0.1) is 17.3 Å². The van der Waals surface area contributed by atoms with Gasteiger partial charge in [0.15, 0.2) is 0 Å². The van der Waals surface area contributed by atoms with Crippen LogP contribution < -0.4 is 5.32 Å². The lowest BCUT2D eigenvalue weighted by Gasteiger charge is -2.39. The molecule has 0 amide bonds. The summed E-state index contributed by atoms with van der Waals surface area (Å²) >= 11 is 0. The van der Waals surface area contributed by atoms with Crippen molar-refractivity contribution in [2.24, 2.45) is 17.3 Å². The predicted molar refractivity (Wildman–Crippen MR) is 80.0 cm³/mol. The minimum atomic E-state index is 0.404. The molecule has 0 radical (unpaired) electrons. The lowest BCUT2D eigenvalue weighted by Crippen LogP contribution is -2.33. The Bertz CT molecular complexity index is 355. The van der Waals surface area contributed by atoms with Crippen molar-refractivity contribution in [1.29, 1.82) is 0 Å². The van der Waals surface area contributed by atoms with Crippen LogP contribution in [-0.4, -0.2) is 6.54 Å². The van der Waals surface area contributed by atoms with Crippen LogP contribution in [0.25, 0.3) is 0 Å². The summed E-state index contributed by atoms with van der Waals surface area (Å²) in [6.07, 6.45) is 7.15. The maximum absolute atomic E-state index is 5.63. The van der Waals surface area contributed by atoms with E-state index in [0.717, 1.165) is 24.1 Å². The average Bonchev–Trinajstić information content (AvgIpc) is 2.89. The van der Waals surface area contributed by atoms with Gasteiger partial charge in [-0.1, -0.05) is 27.7 Å². The molecule has 1 unspecified atom stereocenters. The monoisotopic (exact) mass is 263 g/mol. The topological polar surface area (TPSA) is 25.2 Å². The van der Waals surface area contributed by atoms with E-state index in [9.17, 15) is 0 Å². The largest absolute Gasteiger partial charge is 0.468 e. The van der Waals surface area contributed by atoms with Crippen LogP contribution in [0.5, 0.6) is 0 Å². The van der Waals surface area contributed by atoms with Crippen molar-refractivity contribution in [3.05, 3.63) is 24.2 Å². The standard InChI is InChI=1S/C17H29NO/c1-5-18-16(15-7-6-12-19-15)13-8-10-14(11-9-13)17(2,3)4/h6-7,12-14,16,18H,5,8-11H2,1-4H3. The van der Waals surface area contributed by atoms with Gasteiger partial charge in [-0.25, -0.2) is 0 Å². The minimum Gasteiger partial charge on any atom is -0.468 e. The van der Waals surface area contributed by atoms with Gasteiger partial charge in [-0.2, -0.15) is 0 Å². The molecule has 1 atom stereocenters. The third-order valence-corrected chi connectivity index (χ3v) is 4.74. The molecule has 2 heteroatoms. The fourth-order valence-corrected chi connectivity index (χ4v) is 3.51. The number of hydrogen-bond acceptors (Lipinski definition) is 2. The molecule has 1 aliphatic carbocycles. The van der Waals surface area contributed by atoms with Crippen LogP contribution in [0.2, 0.25) is 0 Å². The van der Waals surface area contributed by atoms with E-state index in [1.54, 1.807) is 6.26 Å². The summed E-state index contributed by atoms with van der Waals surface area (Å²) in [6.45, 7) is 10.3. The first-order chi connectivity index (χ1) is 9.02. The van der Waals surface area contributed by atoms with Gasteiger partial charge in [0.1, 0.15) is 5.76 Å². The zero-order chi connectivity index (χ0) is 13.9. The molecule has 1 aromatic rings. The second kappa shape index (κ2) is 6.13. The molecule has 0 bridgehead atoms. The summed E-state index contributed by atoms with van der Waals surface area (Å²) in [7, 11) is 0. The fourth-order valence-electron chi connectivity index (χ4n) is 3.51. The van der Waals surface area contributed by atoms with Crippen molar-refractivity contribution < 1.29 is 4.42 Å². The van der Waals surface area contributed by atoms with Crippen LogP contribution in [-0.2, 0) is 0 Å². The van der Waals surface area contributed by atoms with E-state index in [2.05, 4.69) is 39.1 Å². The van der Waals surface area contributed by atoms with Gasteiger partial charge < -0.3 is 9.73 Å². The van der Waals surface area contributed by atoms with Gasteiger partial charge in [-0.15, -0.1) is 0 Å². The Morgan fingerprint density at radius 1 is 1.26 bits per heavy atom. The highest BCUT2D eigenvalue weighted by Gasteiger charge is 2.33. The number of nitrogens with one attached hydrogen (secondary N) is 1. The van der Waals surface area contributed by atoms with E-state index >= 15 is 0 Å². The van der Waals surface area contributed by atoms with Crippen LogP contribution >= 0.6 is 0 Å². The normalized spacial score (nSPS) is 26.3.